The van der Waals surface area contributed by atoms with Crippen molar-refractivity contribution in [3.63, 3.8) is 0 Å². The number of hydrogen-bond donors (Lipinski definition) is 1. The Morgan fingerprint density at radius 2 is 1.75 bits per heavy atom. The van der Waals surface area contributed by atoms with Crippen LogP contribution in [0.2, 0.25) is 5.02 Å². The Kier molecular flexibility index (Phi) is 4.79. The third kappa shape index (κ3) is 3.59. The maximum Gasteiger partial charge on any atom is 0.330 e. The lowest BCUT2D eigenvalue weighted by Crippen LogP contribution is -2.35. The fourth-order valence-electron chi connectivity index (χ4n) is 2.82. The average Bonchev–Trinajstić information content (AvgIpc) is 2.71. The fraction of sp³-hybridized carbons (Fsp3) is 0.0455. The first-order valence-corrected chi connectivity index (χ1v) is 8.93. The van der Waals surface area contributed by atoms with Crippen LogP contribution in [0.1, 0.15) is 16.7 Å². The minimum Gasteiger partial charge on any atom is -0.291 e. The summed E-state index contributed by atoms with van der Waals surface area (Å²) in [6.07, 6.45) is 1.52. The Morgan fingerprint density at radius 3 is 2.54 bits per heavy atom. The Morgan fingerprint density at radius 1 is 0.964 bits per heavy atom. The minimum atomic E-state index is -0.528. The van der Waals surface area contributed by atoms with Crippen LogP contribution in [0.3, 0.4) is 0 Å². The minimum absolute atomic E-state index is 0.0598. The van der Waals surface area contributed by atoms with E-state index in [4.69, 9.17) is 11.6 Å². The van der Waals surface area contributed by atoms with Crippen LogP contribution >= 0.6 is 11.6 Å². The smallest absolute Gasteiger partial charge is 0.291 e. The molecule has 0 aliphatic heterocycles. The summed E-state index contributed by atoms with van der Waals surface area (Å²) in [5.41, 5.74) is 1.65. The molecule has 0 saturated carbocycles. The molecule has 0 spiro atoms. The van der Waals surface area contributed by atoms with E-state index in [1.54, 1.807) is 24.3 Å². The van der Waals surface area contributed by atoms with Crippen LogP contribution in [0, 0.1) is 11.8 Å². The largest absolute Gasteiger partial charge is 0.330 e. The molecular weight excluding hydrogens is 374 g/mol. The standard InChI is InChI=1S/C22H14ClN3O2/c23-19-13-16(9-8-15-5-2-1-3-6-15)10-11-17(19)14-26-21(27)18-7-4-12-24-20(18)25-22(26)28/h1-7,10-13H,14H2,(H,24,25,28). The quantitative estimate of drug-likeness (QED) is 0.537. The molecule has 2 aromatic heterocycles. The molecule has 4 aromatic rings. The highest BCUT2D eigenvalue weighted by Gasteiger charge is 2.10. The Bertz CT molecular complexity index is 1350. The zero-order chi connectivity index (χ0) is 19.5. The molecule has 0 fully saturated rings. The Labute approximate surface area is 165 Å². The zero-order valence-electron chi connectivity index (χ0n) is 14.6. The lowest BCUT2D eigenvalue weighted by Gasteiger charge is -2.08. The van der Waals surface area contributed by atoms with E-state index in [0.717, 1.165) is 15.7 Å². The molecule has 5 nitrogen and oxygen atoms in total. The van der Waals surface area contributed by atoms with E-state index >= 15 is 0 Å². The summed E-state index contributed by atoms with van der Waals surface area (Å²) in [5, 5.41) is 0.793. The molecule has 0 aliphatic rings. The normalized spacial score (nSPS) is 10.5. The molecule has 136 valence electrons. The van der Waals surface area contributed by atoms with Crippen LogP contribution in [-0.4, -0.2) is 14.5 Å². The maximum absolute atomic E-state index is 12.6. The lowest BCUT2D eigenvalue weighted by atomic mass is 10.1. The van der Waals surface area contributed by atoms with Gasteiger partial charge in [-0.3, -0.25) is 14.3 Å². The molecule has 0 bridgehead atoms. The summed E-state index contributed by atoms with van der Waals surface area (Å²) < 4.78 is 1.11. The van der Waals surface area contributed by atoms with E-state index in [2.05, 4.69) is 21.8 Å². The van der Waals surface area contributed by atoms with E-state index in [0.29, 0.717) is 16.0 Å². The SMILES string of the molecule is O=c1[nH]c2ncccc2c(=O)n1Cc1ccc(C#Cc2ccccc2)cc1Cl. The predicted molar refractivity (Wildman–Crippen MR) is 110 cm³/mol. The van der Waals surface area contributed by atoms with E-state index in [9.17, 15) is 9.59 Å². The summed E-state index contributed by atoms with van der Waals surface area (Å²) >= 11 is 6.38. The highest BCUT2D eigenvalue weighted by Crippen LogP contribution is 2.18. The molecule has 2 heterocycles. The van der Waals surface area contributed by atoms with Gasteiger partial charge >= 0.3 is 5.69 Å². The van der Waals surface area contributed by atoms with E-state index in [-0.39, 0.29) is 12.2 Å². The maximum atomic E-state index is 12.6. The number of benzene rings is 2. The van der Waals surface area contributed by atoms with Crippen LogP contribution in [0.5, 0.6) is 0 Å². The number of pyridine rings is 1. The molecular formula is C22H14ClN3O2. The first-order valence-electron chi connectivity index (χ1n) is 8.55. The van der Waals surface area contributed by atoms with Crippen LogP contribution < -0.4 is 11.2 Å². The van der Waals surface area contributed by atoms with Gasteiger partial charge in [0.2, 0.25) is 0 Å². The van der Waals surface area contributed by atoms with Gasteiger partial charge in [0.25, 0.3) is 5.56 Å². The van der Waals surface area contributed by atoms with Gasteiger partial charge in [-0.15, -0.1) is 0 Å². The van der Waals surface area contributed by atoms with Crippen LogP contribution in [-0.2, 0) is 6.54 Å². The van der Waals surface area contributed by atoms with Gasteiger partial charge in [0.15, 0.2) is 0 Å². The van der Waals surface area contributed by atoms with Crippen molar-refractivity contribution in [2.75, 3.05) is 0 Å². The second kappa shape index (κ2) is 7.55. The van der Waals surface area contributed by atoms with Gasteiger partial charge in [-0.1, -0.05) is 47.7 Å². The van der Waals surface area contributed by atoms with Gasteiger partial charge in [0, 0.05) is 22.3 Å². The number of nitrogens with zero attached hydrogens (tertiary/aromatic N) is 2. The van der Waals surface area contributed by atoms with Gasteiger partial charge in [-0.05, 0) is 42.0 Å². The van der Waals surface area contributed by atoms with Crippen molar-refractivity contribution in [1.82, 2.24) is 14.5 Å². The molecule has 0 saturated heterocycles. The van der Waals surface area contributed by atoms with Crippen molar-refractivity contribution in [3.8, 4) is 11.8 Å². The third-order valence-corrected chi connectivity index (χ3v) is 4.61. The molecule has 0 aliphatic carbocycles. The molecule has 4 rings (SSSR count). The lowest BCUT2D eigenvalue weighted by molar-refractivity contribution is 0.710. The van der Waals surface area contributed by atoms with Crippen molar-refractivity contribution >= 4 is 22.6 Å². The highest BCUT2D eigenvalue weighted by molar-refractivity contribution is 6.31. The predicted octanol–water partition coefficient (Wildman–Crippen LogP) is 3.19. The van der Waals surface area contributed by atoms with Crippen molar-refractivity contribution in [3.05, 3.63) is 109 Å². The number of rotatable bonds is 2. The first-order chi connectivity index (χ1) is 13.6. The second-order valence-corrected chi connectivity index (χ2v) is 6.55. The number of hydrogen-bond acceptors (Lipinski definition) is 3. The summed E-state index contributed by atoms with van der Waals surface area (Å²) in [4.78, 5) is 31.6. The van der Waals surface area contributed by atoms with Gasteiger partial charge in [-0.25, -0.2) is 9.78 Å². The number of nitrogens with one attached hydrogen (secondary N) is 1. The van der Waals surface area contributed by atoms with Crippen molar-refractivity contribution < 1.29 is 0 Å². The van der Waals surface area contributed by atoms with Crippen LogP contribution in [0.4, 0.5) is 0 Å². The molecule has 28 heavy (non-hydrogen) atoms. The molecule has 0 unspecified atom stereocenters. The molecule has 0 amide bonds. The van der Waals surface area contributed by atoms with Crippen molar-refractivity contribution in [1.29, 1.82) is 0 Å². The average molecular weight is 388 g/mol. The van der Waals surface area contributed by atoms with Gasteiger partial charge in [-0.2, -0.15) is 0 Å². The monoisotopic (exact) mass is 387 g/mol. The van der Waals surface area contributed by atoms with Gasteiger partial charge < -0.3 is 0 Å². The van der Waals surface area contributed by atoms with Gasteiger partial charge in [0.1, 0.15) is 5.65 Å². The van der Waals surface area contributed by atoms with Crippen LogP contribution in [0.15, 0.2) is 76.4 Å². The second-order valence-electron chi connectivity index (χ2n) is 6.14. The summed E-state index contributed by atoms with van der Waals surface area (Å²) in [6.45, 7) is 0.0598. The van der Waals surface area contributed by atoms with Crippen LogP contribution in [0.25, 0.3) is 11.0 Å². The number of fused-ring (bicyclic) bond motifs is 1. The van der Waals surface area contributed by atoms with Gasteiger partial charge in [0.05, 0.1) is 11.9 Å². The van der Waals surface area contributed by atoms with E-state index in [1.165, 1.54) is 6.20 Å². The topological polar surface area (TPSA) is 67.8 Å². The number of aromatic amines is 1. The van der Waals surface area contributed by atoms with Crippen molar-refractivity contribution in [2.45, 2.75) is 6.54 Å². The number of halogens is 1. The summed E-state index contributed by atoms with van der Waals surface area (Å²) in [5.74, 6) is 6.13. The molecule has 0 atom stereocenters. The first kappa shape index (κ1) is 17.8. The zero-order valence-corrected chi connectivity index (χ0v) is 15.4. The molecule has 6 heteroatoms. The fourth-order valence-corrected chi connectivity index (χ4v) is 3.06. The Hall–Kier alpha value is -3.62. The highest BCUT2D eigenvalue weighted by atomic mass is 35.5. The molecule has 2 aromatic carbocycles. The molecule has 1 N–H and O–H groups in total. The summed E-state index contributed by atoms with van der Waals surface area (Å²) in [7, 11) is 0. The van der Waals surface area contributed by atoms with Crippen molar-refractivity contribution in [2.24, 2.45) is 0 Å². The Balaban J connectivity index is 1.67. The third-order valence-electron chi connectivity index (χ3n) is 4.26. The number of H-pyrrole nitrogens is 1. The molecule has 0 radical (unpaired) electrons. The summed E-state index contributed by atoms with van der Waals surface area (Å²) in [6, 6.07) is 18.2. The number of aromatic nitrogens is 3. The van der Waals surface area contributed by atoms with E-state index in [1.807, 2.05) is 36.4 Å². The van der Waals surface area contributed by atoms with E-state index < -0.39 is 11.2 Å².